The second-order valence-electron chi connectivity index (χ2n) is 5.81. The number of nitrogens with one attached hydrogen (secondary N) is 1. The number of urea groups is 1. The fraction of sp³-hybridized carbons (Fsp3) is 0.562. The molecule has 0 aliphatic carbocycles. The highest BCUT2D eigenvalue weighted by atomic mass is 16.2. The summed E-state index contributed by atoms with van der Waals surface area (Å²) < 4.78 is 0. The van der Waals surface area contributed by atoms with Gasteiger partial charge in [0.25, 0.3) is 0 Å². The number of nitrogens with zero attached hydrogens (tertiary/aromatic N) is 2. The fourth-order valence-corrected chi connectivity index (χ4v) is 2.34. The van der Waals surface area contributed by atoms with E-state index in [9.17, 15) is 4.79 Å². The zero-order valence-corrected chi connectivity index (χ0v) is 12.5. The lowest BCUT2D eigenvalue weighted by atomic mass is 10.1. The summed E-state index contributed by atoms with van der Waals surface area (Å²) in [5, 5.41) is 2.95. The highest BCUT2D eigenvalue weighted by molar-refractivity contribution is 5.89. The van der Waals surface area contributed by atoms with Crippen LogP contribution in [0.5, 0.6) is 0 Å². The van der Waals surface area contributed by atoms with Crippen LogP contribution in [0.15, 0.2) is 30.3 Å². The summed E-state index contributed by atoms with van der Waals surface area (Å²) in [5.41, 5.74) is 0.861. The first kappa shape index (κ1) is 14.9. The Morgan fingerprint density at radius 1 is 1.15 bits per heavy atom. The SMILES string of the molecule is CC(C)CCN1CCN(C(=O)Nc2ccccc2)CC1. The first-order chi connectivity index (χ1) is 9.65. The van der Waals surface area contributed by atoms with Crippen molar-refractivity contribution in [2.24, 2.45) is 5.92 Å². The highest BCUT2D eigenvalue weighted by Gasteiger charge is 2.20. The molecule has 1 saturated heterocycles. The van der Waals surface area contributed by atoms with E-state index in [1.54, 1.807) is 0 Å². The number of amides is 2. The molecule has 1 aliphatic heterocycles. The Morgan fingerprint density at radius 3 is 2.40 bits per heavy atom. The minimum atomic E-state index is 0.0136. The Morgan fingerprint density at radius 2 is 1.80 bits per heavy atom. The Balaban J connectivity index is 1.74. The normalized spacial score (nSPS) is 16.4. The number of hydrogen-bond acceptors (Lipinski definition) is 2. The maximum atomic E-state index is 12.1. The van der Waals surface area contributed by atoms with Crippen LogP contribution in [0, 0.1) is 5.92 Å². The Hall–Kier alpha value is -1.55. The van der Waals surface area contributed by atoms with Crippen LogP contribution in [0.2, 0.25) is 0 Å². The molecule has 0 unspecified atom stereocenters. The molecule has 1 N–H and O–H groups in total. The van der Waals surface area contributed by atoms with Crippen molar-refractivity contribution in [2.75, 3.05) is 38.0 Å². The second kappa shape index (κ2) is 7.29. The third-order valence-corrected chi connectivity index (χ3v) is 3.71. The average Bonchev–Trinajstić information content (AvgIpc) is 2.46. The van der Waals surface area contributed by atoms with E-state index in [0.717, 1.165) is 44.3 Å². The summed E-state index contributed by atoms with van der Waals surface area (Å²) in [6.45, 7) is 9.25. The van der Waals surface area contributed by atoms with E-state index in [2.05, 4.69) is 24.1 Å². The molecule has 1 heterocycles. The molecule has 0 bridgehead atoms. The van der Waals surface area contributed by atoms with E-state index in [0.29, 0.717) is 0 Å². The highest BCUT2D eigenvalue weighted by Crippen LogP contribution is 2.10. The largest absolute Gasteiger partial charge is 0.322 e. The fourth-order valence-electron chi connectivity index (χ4n) is 2.34. The minimum absolute atomic E-state index is 0.0136. The molecule has 1 fully saturated rings. The maximum absolute atomic E-state index is 12.1. The summed E-state index contributed by atoms with van der Waals surface area (Å²) in [6, 6.07) is 9.65. The van der Waals surface area contributed by atoms with Crippen LogP contribution in [-0.2, 0) is 0 Å². The molecular formula is C16H25N3O. The van der Waals surface area contributed by atoms with Crippen LogP contribution in [0.1, 0.15) is 20.3 Å². The van der Waals surface area contributed by atoms with Crippen molar-refractivity contribution in [1.29, 1.82) is 0 Å². The van der Waals surface area contributed by atoms with Crippen molar-refractivity contribution in [1.82, 2.24) is 9.80 Å². The summed E-state index contributed by atoms with van der Waals surface area (Å²) in [4.78, 5) is 16.5. The van der Waals surface area contributed by atoms with Crippen molar-refractivity contribution in [2.45, 2.75) is 20.3 Å². The third kappa shape index (κ3) is 4.53. The molecule has 0 aromatic heterocycles. The summed E-state index contributed by atoms with van der Waals surface area (Å²) in [6.07, 6.45) is 1.23. The van der Waals surface area contributed by atoms with Gasteiger partial charge in [-0.25, -0.2) is 4.79 Å². The van der Waals surface area contributed by atoms with Crippen LogP contribution in [0.3, 0.4) is 0 Å². The van der Waals surface area contributed by atoms with E-state index >= 15 is 0 Å². The standard InChI is InChI=1S/C16H25N3O/c1-14(2)8-9-18-10-12-19(13-11-18)16(20)17-15-6-4-3-5-7-15/h3-7,14H,8-13H2,1-2H3,(H,17,20). The molecule has 110 valence electrons. The Kier molecular flexibility index (Phi) is 5.41. The number of para-hydroxylation sites is 1. The zero-order valence-electron chi connectivity index (χ0n) is 12.5. The predicted molar refractivity (Wildman–Crippen MR) is 82.9 cm³/mol. The van der Waals surface area contributed by atoms with Crippen molar-refractivity contribution in [3.8, 4) is 0 Å². The van der Waals surface area contributed by atoms with E-state index in [4.69, 9.17) is 0 Å². The molecular weight excluding hydrogens is 250 g/mol. The summed E-state index contributed by atoms with van der Waals surface area (Å²) in [5.74, 6) is 0.745. The lowest BCUT2D eigenvalue weighted by Crippen LogP contribution is -2.50. The van der Waals surface area contributed by atoms with E-state index in [-0.39, 0.29) is 6.03 Å². The van der Waals surface area contributed by atoms with Gasteiger partial charge in [-0.2, -0.15) is 0 Å². The number of anilines is 1. The lowest BCUT2D eigenvalue weighted by molar-refractivity contribution is 0.143. The summed E-state index contributed by atoms with van der Waals surface area (Å²) >= 11 is 0. The first-order valence-corrected chi connectivity index (χ1v) is 7.48. The molecule has 20 heavy (non-hydrogen) atoms. The smallest absolute Gasteiger partial charge is 0.321 e. The first-order valence-electron chi connectivity index (χ1n) is 7.48. The topological polar surface area (TPSA) is 35.6 Å². The Bertz CT molecular complexity index is 411. The molecule has 1 aromatic carbocycles. The van der Waals surface area contributed by atoms with Crippen LogP contribution in [-0.4, -0.2) is 48.6 Å². The van der Waals surface area contributed by atoms with Gasteiger partial charge in [0.2, 0.25) is 0 Å². The van der Waals surface area contributed by atoms with Gasteiger partial charge in [0.1, 0.15) is 0 Å². The molecule has 4 nitrogen and oxygen atoms in total. The van der Waals surface area contributed by atoms with E-state index in [1.807, 2.05) is 35.2 Å². The summed E-state index contributed by atoms with van der Waals surface area (Å²) in [7, 11) is 0. The molecule has 1 aromatic rings. The van der Waals surface area contributed by atoms with Crippen LogP contribution < -0.4 is 5.32 Å². The predicted octanol–water partition coefficient (Wildman–Crippen LogP) is 2.88. The van der Waals surface area contributed by atoms with Gasteiger partial charge in [0, 0.05) is 31.9 Å². The van der Waals surface area contributed by atoms with Crippen LogP contribution in [0.25, 0.3) is 0 Å². The third-order valence-electron chi connectivity index (χ3n) is 3.71. The van der Waals surface area contributed by atoms with E-state index in [1.165, 1.54) is 6.42 Å². The number of piperazine rings is 1. The molecule has 2 rings (SSSR count). The molecule has 0 saturated carbocycles. The molecule has 2 amide bonds. The van der Waals surface area contributed by atoms with Gasteiger partial charge in [0.15, 0.2) is 0 Å². The van der Waals surface area contributed by atoms with Crippen LogP contribution in [0.4, 0.5) is 10.5 Å². The number of benzene rings is 1. The molecule has 4 heteroatoms. The Labute approximate surface area is 121 Å². The van der Waals surface area contributed by atoms with Crippen molar-refractivity contribution < 1.29 is 4.79 Å². The number of carbonyl (C=O) groups is 1. The molecule has 1 aliphatic rings. The van der Waals surface area contributed by atoms with E-state index < -0.39 is 0 Å². The van der Waals surface area contributed by atoms with Crippen LogP contribution >= 0.6 is 0 Å². The van der Waals surface area contributed by atoms with Crippen molar-refractivity contribution in [3.63, 3.8) is 0 Å². The zero-order chi connectivity index (χ0) is 14.4. The molecule has 0 atom stereocenters. The van der Waals surface area contributed by atoms with Gasteiger partial charge in [-0.05, 0) is 31.0 Å². The molecule has 0 radical (unpaired) electrons. The van der Waals surface area contributed by atoms with Crippen molar-refractivity contribution >= 4 is 11.7 Å². The minimum Gasteiger partial charge on any atom is -0.322 e. The van der Waals surface area contributed by atoms with Crippen molar-refractivity contribution in [3.05, 3.63) is 30.3 Å². The maximum Gasteiger partial charge on any atom is 0.321 e. The van der Waals surface area contributed by atoms with Gasteiger partial charge in [-0.3, -0.25) is 4.90 Å². The van der Waals surface area contributed by atoms with Gasteiger partial charge in [0.05, 0.1) is 0 Å². The second-order valence-corrected chi connectivity index (χ2v) is 5.81. The van der Waals surface area contributed by atoms with Gasteiger partial charge in [-0.15, -0.1) is 0 Å². The average molecular weight is 275 g/mol. The number of hydrogen-bond donors (Lipinski definition) is 1. The van der Waals surface area contributed by atoms with Gasteiger partial charge in [-0.1, -0.05) is 32.0 Å². The van der Waals surface area contributed by atoms with Gasteiger partial charge >= 0.3 is 6.03 Å². The molecule has 0 spiro atoms. The number of rotatable bonds is 4. The lowest BCUT2D eigenvalue weighted by Gasteiger charge is -2.35. The quantitative estimate of drug-likeness (QED) is 0.917. The monoisotopic (exact) mass is 275 g/mol. The number of carbonyl (C=O) groups excluding carboxylic acids is 1. The van der Waals surface area contributed by atoms with Gasteiger partial charge < -0.3 is 10.2 Å².